The molecule has 1 saturated carbocycles. The highest BCUT2D eigenvalue weighted by Gasteiger charge is 2.31. The summed E-state index contributed by atoms with van der Waals surface area (Å²) in [6.45, 7) is 6.01. The van der Waals surface area contributed by atoms with Crippen molar-refractivity contribution in [3.63, 3.8) is 0 Å². The summed E-state index contributed by atoms with van der Waals surface area (Å²) in [6, 6.07) is 1.56. The predicted octanol–water partition coefficient (Wildman–Crippen LogP) is 2.56. The molecule has 0 aliphatic heterocycles. The van der Waals surface area contributed by atoms with E-state index in [4.69, 9.17) is 4.42 Å². The Balaban J connectivity index is 1.83. The Morgan fingerprint density at radius 3 is 2.65 bits per heavy atom. The normalized spacial score (nSPS) is 18.8. The van der Waals surface area contributed by atoms with Gasteiger partial charge in [0.25, 0.3) is 0 Å². The van der Waals surface area contributed by atoms with Crippen LogP contribution in [0.4, 0.5) is 4.79 Å². The van der Waals surface area contributed by atoms with Crippen LogP contribution in [0, 0.1) is 13.8 Å². The quantitative estimate of drug-likeness (QED) is 0.793. The highest BCUT2D eigenvalue weighted by atomic mass is 16.3. The smallest absolute Gasteiger partial charge is 0.315 e. The molecular formula is C15H24N2O3. The fraction of sp³-hybridized carbons (Fsp3) is 0.667. The van der Waals surface area contributed by atoms with Crippen molar-refractivity contribution in [1.82, 2.24) is 10.6 Å². The Bertz CT molecular complexity index is 475. The van der Waals surface area contributed by atoms with Crippen molar-refractivity contribution in [2.45, 2.75) is 58.1 Å². The molecule has 20 heavy (non-hydrogen) atoms. The van der Waals surface area contributed by atoms with Gasteiger partial charge in [-0.2, -0.15) is 0 Å². The third kappa shape index (κ3) is 3.54. The van der Waals surface area contributed by atoms with E-state index in [0.717, 1.165) is 42.8 Å². The van der Waals surface area contributed by atoms with E-state index in [1.807, 2.05) is 26.8 Å². The summed E-state index contributed by atoms with van der Waals surface area (Å²) in [6.07, 6.45) is 3.60. The number of hydrogen-bond acceptors (Lipinski definition) is 3. The molecule has 0 bridgehead atoms. The van der Waals surface area contributed by atoms with Crippen LogP contribution in [0.1, 0.15) is 55.7 Å². The Morgan fingerprint density at radius 2 is 2.10 bits per heavy atom. The molecule has 1 aromatic heterocycles. The van der Waals surface area contributed by atoms with E-state index < -0.39 is 5.60 Å². The number of carbonyl (C=O) groups excluding carboxylic acids is 1. The van der Waals surface area contributed by atoms with Crippen LogP contribution in [0.5, 0.6) is 0 Å². The molecule has 1 aliphatic rings. The Morgan fingerprint density at radius 1 is 1.45 bits per heavy atom. The maximum absolute atomic E-state index is 11.9. The van der Waals surface area contributed by atoms with Gasteiger partial charge >= 0.3 is 6.03 Å². The molecule has 1 atom stereocenters. The van der Waals surface area contributed by atoms with Crippen molar-refractivity contribution < 1.29 is 14.3 Å². The van der Waals surface area contributed by atoms with E-state index in [1.165, 1.54) is 0 Å². The molecule has 0 radical (unpaired) electrons. The average Bonchev–Trinajstić information content (AvgIpc) is 2.94. The second kappa shape index (κ2) is 5.87. The lowest BCUT2D eigenvalue weighted by Gasteiger charge is -2.23. The Hall–Kier alpha value is -1.49. The first-order valence-electron chi connectivity index (χ1n) is 7.23. The SMILES string of the molecule is Cc1cc(C(C)NC(=O)NCC2(O)CCCC2)c(C)o1. The van der Waals surface area contributed by atoms with E-state index in [9.17, 15) is 9.90 Å². The molecule has 2 amide bonds. The molecule has 5 nitrogen and oxygen atoms in total. The molecule has 1 unspecified atom stereocenters. The van der Waals surface area contributed by atoms with Crippen LogP contribution in [0.15, 0.2) is 10.5 Å². The molecule has 1 aliphatic carbocycles. The Labute approximate surface area is 119 Å². The molecule has 1 heterocycles. The van der Waals surface area contributed by atoms with Gasteiger partial charge in [-0.25, -0.2) is 4.79 Å². The van der Waals surface area contributed by atoms with Gasteiger partial charge in [0.05, 0.1) is 11.6 Å². The van der Waals surface area contributed by atoms with Gasteiger partial charge in [0.2, 0.25) is 0 Å². The summed E-state index contributed by atoms with van der Waals surface area (Å²) in [7, 11) is 0. The highest BCUT2D eigenvalue weighted by Crippen LogP contribution is 2.28. The highest BCUT2D eigenvalue weighted by molar-refractivity contribution is 5.74. The second-order valence-corrected chi connectivity index (χ2v) is 5.85. The maximum Gasteiger partial charge on any atom is 0.315 e. The van der Waals surface area contributed by atoms with Crippen molar-refractivity contribution >= 4 is 6.03 Å². The number of urea groups is 1. The number of aliphatic hydroxyl groups is 1. The number of aryl methyl sites for hydroxylation is 2. The second-order valence-electron chi connectivity index (χ2n) is 5.85. The van der Waals surface area contributed by atoms with E-state index in [2.05, 4.69) is 10.6 Å². The van der Waals surface area contributed by atoms with Gasteiger partial charge < -0.3 is 20.2 Å². The van der Waals surface area contributed by atoms with Crippen LogP contribution in [0.2, 0.25) is 0 Å². The molecule has 0 spiro atoms. The van der Waals surface area contributed by atoms with Crippen molar-refractivity contribution in [2.24, 2.45) is 0 Å². The van der Waals surface area contributed by atoms with Gasteiger partial charge in [-0.05, 0) is 39.7 Å². The predicted molar refractivity (Wildman–Crippen MR) is 76.5 cm³/mol. The van der Waals surface area contributed by atoms with Gasteiger partial charge in [0.15, 0.2) is 0 Å². The van der Waals surface area contributed by atoms with E-state index in [1.54, 1.807) is 0 Å². The topological polar surface area (TPSA) is 74.5 Å². The summed E-state index contributed by atoms with van der Waals surface area (Å²) in [5.74, 6) is 1.66. The van der Waals surface area contributed by atoms with Crippen molar-refractivity contribution in [3.05, 3.63) is 23.2 Å². The number of rotatable bonds is 4. The van der Waals surface area contributed by atoms with Crippen molar-refractivity contribution in [1.29, 1.82) is 0 Å². The minimum absolute atomic E-state index is 0.120. The first kappa shape index (κ1) is 14.9. The molecule has 0 aromatic carbocycles. The zero-order valence-corrected chi connectivity index (χ0v) is 12.5. The fourth-order valence-corrected chi connectivity index (χ4v) is 2.86. The van der Waals surface area contributed by atoms with Crippen molar-refractivity contribution in [2.75, 3.05) is 6.54 Å². The van der Waals surface area contributed by atoms with E-state index >= 15 is 0 Å². The molecule has 0 saturated heterocycles. The van der Waals surface area contributed by atoms with Crippen LogP contribution in [0.3, 0.4) is 0 Å². The van der Waals surface area contributed by atoms with Crippen LogP contribution in [-0.4, -0.2) is 23.3 Å². The Kier molecular flexibility index (Phi) is 4.38. The number of amides is 2. The standard InChI is InChI=1S/C15H24N2O3/c1-10-8-13(12(3)20-10)11(2)17-14(18)16-9-15(19)6-4-5-7-15/h8,11,19H,4-7,9H2,1-3H3,(H2,16,17,18). The summed E-state index contributed by atoms with van der Waals surface area (Å²) in [5.41, 5.74) is 0.264. The van der Waals surface area contributed by atoms with Crippen LogP contribution >= 0.6 is 0 Å². The lowest BCUT2D eigenvalue weighted by Crippen LogP contribution is -2.45. The first-order valence-corrected chi connectivity index (χ1v) is 7.23. The molecule has 3 N–H and O–H groups in total. The zero-order valence-electron chi connectivity index (χ0n) is 12.5. The van der Waals surface area contributed by atoms with Gasteiger partial charge in [-0.1, -0.05) is 12.8 Å². The van der Waals surface area contributed by atoms with Gasteiger partial charge in [0, 0.05) is 12.1 Å². The average molecular weight is 280 g/mol. The number of hydrogen-bond donors (Lipinski definition) is 3. The van der Waals surface area contributed by atoms with Gasteiger partial charge in [-0.3, -0.25) is 0 Å². The van der Waals surface area contributed by atoms with Crippen LogP contribution in [0.25, 0.3) is 0 Å². The summed E-state index contributed by atoms with van der Waals surface area (Å²) < 4.78 is 5.46. The van der Waals surface area contributed by atoms with Gasteiger partial charge in [-0.15, -0.1) is 0 Å². The minimum Gasteiger partial charge on any atom is -0.466 e. The third-order valence-corrected chi connectivity index (χ3v) is 4.01. The molecule has 112 valence electrons. The summed E-state index contributed by atoms with van der Waals surface area (Å²) in [5, 5.41) is 15.8. The third-order valence-electron chi connectivity index (χ3n) is 4.01. The van der Waals surface area contributed by atoms with Crippen molar-refractivity contribution in [3.8, 4) is 0 Å². The summed E-state index contributed by atoms with van der Waals surface area (Å²) in [4.78, 5) is 11.9. The molecule has 1 aromatic rings. The lowest BCUT2D eigenvalue weighted by molar-refractivity contribution is 0.0500. The zero-order chi connectivity index (χ0) is 14.8. The fourth-order valence-electron chi connectivity index (χ4n) is 2.86. The lowest BCUT2D eigenvalue weighted by atomic mass is 10.0. The first-order chi connectivity index (χ1) is 9.39. The molecular weight excluding hydrogens is 256 g/mol. The maximum atomic E-state index is 11.9. The largest absolute Gasteiger partial charge is 0.466 e. The number of carbonyl (C=O) groups is 1. The molecule has 5 heteroatoms. The summed E-state index contributed by atoms with van der Waals surface area (Å²) >= 11 is 0. The molecule has 1 fully saturated rings. The van der Waals surface area contributed by atoms with Crippen LogP contribution < -0.4 is 10.6 Å². The minimum atomic E-state index is -0.720. The van der Waals surface area contributed by atoms with Crippen LogP contribution in [-0.2, 0) is 0 Å². The van der Waals surface area contributed by atoms with E-state index in [-0.39, 0.29) is 12.1 Å². The number of furan rings is 1. The molecule has 2 rings (SSSR count). The number of nitrogens with one attached hydrogen (secondary N) is 2. The monoisotopic (exact) mass is 280 g/mol. The van der Waals surface area contributed by atoms with E-state index in [0.29, 0.717) is 6.54 Å². The van der Waals surface area contributed by atoms with Gasteiger partial charge in [0.1, 0.15) is 11.5 Å².